The number of aromatic carboxylic acids is 1. The number of nitrogens with zero attached hydrogens (tertiary/aromatic N) is 3. The van der Waals surface area contributed by atoms with E-state index in [-0.39, 0.29) is 23.7 Å². The number of hydrogen-bond acceptors (Lipinski definition) is 6. The van der Waals surface area contributed by atoms with E-state index in [1.807, 2.05) is 49.1 Å². The SMILES string of the molecule is CCN(CC)c1nc(OCc2ccccc2)nc2c(=O)c(C(=O)O)c[nH]c12. The van der Waals surface area contributed by atoms with E-state index in [9.17, 15) is 14.7 Å². The molecular formula is C19H20N4O4. The number of carbonyl (C=O) groups is 1. The van der Waals surface area contributed by atoms with Crippen molar-refractivity contribution in [3.05, 3.63) is 57.9 Å². The number of benzene rings is 1. The summed E-state index contributed by atoms with van der Waals surface area (Å²) in [4.78, 5) is 37.3. The monoisotopic (exact) mass is 368 g/mol. The van der Waals surface area contributed by atoms with Crippen LogP contribution in [0.1, 0.15) is 29.8 Å². The summed E-state index contributed by atoms with van der Waals surface area (Å²) in [6.07, 6.45) is 1.17. The van der Waals surface area contributed by atoms with Crippen LogP contribution in [0.2, 0.25) is 0 Å². The van der Waals surface area contributed by atoms with Gasteiger partial charge in [0.05, 0.1) is 0 Å². The summed E-state index contributed by atoms with van der Waals surface area (Å²) in [6.45, 7) is 5.48. The Morgan fingerprint density at radius 3 is 2.52 bits per heavy atom. The Kier molecular flexibility index (Phi) is 5.35. The van der Waals surface area contributed by atoms with Crippen LogP contribution in [-0.4, -0.2) is 39.1 Å². The lowest BCUT2D eigenvalue weighted by Gasteiger charge is -2.21. The molecule has 0 aliphatic carbocycles. The number of pyridine rings is 1. The molecule has 0 radical (unpaired) electrons. The van der Waals surface area contributed by atoms with E-state index in [4.69, 9.17) is 4.74 Å². The number of fused-ring (bicyclic) bond motifs is 1. The number of ether oxygens (including phenoxy) is 1. The fourth-order valence-electron chi connectivity index (χ4n) is 2.76. The molecule has 0 fully saturated rings. The van der Waals surface area contributed by atoms with Gasteiger partial charge in [-0.15, -0.1) is 0 Å². The van der Waals surface area contributed by atoms with Crippen LogP contribution in [-0.2, 0) is 6.61 Å². The molecule has 0 aliphatic heterocycles. The van der Waals surface area contributed by atoms with E-state index in [0.29, 0.717) is 24.4 Å². The van der Waals surface area contributed by atoms with Gasteiger partial charge in [-0.2, -0.15) is 9.97 Å². The Morgan fingerprint density at radius 1 is 1.19 bits per heavy atom. The molecule has 0 unspecified atom stereocenters. The Labute approximate surface area is 155 Å². The molecular weight excluding hydrogens is 348 g/mol. The fraction of sp³-hybridized carbons (Fsp3) is 0.263. The van der Waals surface area contributed by atoms with Crippen molar-refractivity contribution in [3.8, 4) is 6.01 Å². The smallest absolute Gasteiger partial charge is 0.341 e. The highest BCUT2D eigenvalue weighted by molar-refractivity contribution is 5.94. The molecule has 27 heavy (non-hydrogen) atoms. The molecule has 0 saturated carbocycles. The number of carboxylic acids is 1. The normalized spacial score (nSPS) is 10.7. The fourth-order valence-corrected chi connectivity index (χ4v) is 2.76. The summed E-state index contributed by atoms with van der Waals surface area (Å²) in [5.41, 5.74) is 0.270. The van der Waals surface area contributed by atoms with Crippen LogP contribution in [0.5, 0.6) is 6.01 Å². The predicted octanol–water partition coefficient (Wildman–Crippen LogP) is 2.44. The number of aromatic nitrogens is 3. The van der Waals surface area contributed by atoms with Gasteiger partial charge in [0.1, 0.15) is 23.2 Å². The summed E-state index contributed by atoms with van der Waals surface area (Å²) in [7, 11) is 0. The van der Waals surface area contributed by atoms with Crippen molar-refractivity contribution >= 4 is 22.8 Å². The number of hydrogen-bond donors (Lipinski definition) is 2. The van der Waals surface area contributed by atoms with Crippen LogP contribution < -0.4 is 15.1 Å². The highest BCUT2D eigenvalue weighted by Gasteiger charge is 2.19. The third-order valence-corrected chi connectivity index (χ3v) is 4.19. The Hall–Kier alpha value is -3.42. The average Bonchev–Trinajstić information content (AvgIpc) is 2.68. The minimum atomic E-state index is -1.31. The number of aromatic amines is 1. The van der Waals surface area contributed by atoms with Gasteiger partial charge in [0, 0.05) is 19.3 Å². The number of nitrogens with one attached hydrogen (secondary N) is 1. The van der Waals surface area contributed by atoms with E-state index in [1.54, 1.807) is 0 Å². The lowest BCUT2D eigenvalue weighted by molar-refractivity contribution is 0.0695. The summed E-state index contributed by atoms with van der Waals surface area (Å²) in [5.74, 6) is -0.810. The van der Waals surface area contributed by atoms with Crippen molar-refractivity contribution in [3.63, 3.8) is 0 Å². The Morgan fingerprint density at radius 2 is 1.89 bits per heavy atom. The first kappa shape index (κ1) is 18.4. The summed E-state index contributed by atoms with van der Waals surface area (Å²) >= 11 is 0. The molecule has 2 heterocycles. The second kappa shape index (κ2) is 7.86. The first-order valence-electron chi connectivity index (χ1n) is 8.63. The number of H-pyrrole nitrogens is 1. The van der Waals surface area contributed by atoms with Gasteiger partial charge in [-0.05, 0) is 19.4 Å². The molecule has 140 valence electrons. The number of rotatable bonds is 7. The maximum absolute atomic E-state index is 12.6. The van der Waals surface area contributed by atoms with Crippen LogP contribution in [0.3, 0.4) is 0 Å². The molecule has 2 N–H and O–H groups in total. The van der Waals surface area contributed by atoms with E-state index in [2.05, 4.69) is 15.0 Å². The maximum Gasteiger partial charge on any atom is 0.341 e. The van der Waals surface area contributed by atoms with E-state index in [1.165, 1.54) is 6.20 Å². The lowest BCUT2D eigenvalue weighted by atomic mass is 10.2. The molecule has 0 bridgehead atoms. The first-order valence-corrected chi connectivity index (χ1v) is 8.63. The summed E-state index contributed by atoms with van der Waals surface area (Å²) < 4.78 is 5.69. The second-order valence-corrected chi connectivity index (χ2v) is 5.84. The molecule has 0 atom stereocenters. The molecule has 2 aromatic heterocycles. The van der Waals surface area contributed by atoms with Gasteiger partial charge in [0.2, 0.25) is 5.43 Å². The molecule has 0 spiro atoms. The van der Waals surface area contributed by atoms with Crippen molar-refractivity contribution < 1.29 is 14.6 Å². The number of anilines is 1. The molecule has 8 heteroatoms. The van der Waals surface area contributed by atoms with Crippen LogP contribution in [0, 0.1) is 0 Å². The van der Waals surface area contributed by atoms with Gasteiger partial charge in [0.15, 0.2) is 5.82 Å². The molecule has 1 aromatic carbocycles. The highest BCUT2D eigenvalue weighted by atomic mass is 16.5. The molecule has 3 aromatic rings. The lowest BCUT2D eigenvalue weighted by Crippen LogP contribution is -2.25. The van der Waals surface area contributed by atoms with Crippen LogP contribution in [0.25, 0.3) is 11.0 Å². The topological polar surface area (TPSA) is 108 Å². The minimum Gasteiger partial charge on any atom is -0.477 e. The van der Waals surface area contributed by atoms with Crippen molar-refractivity contribution in [2.75, 3.05) is 18.0 Å². The van der Waals surface area contributed by atoms with Crippen LogP contribution in [0.4, 0.5) is 5.82 Å². The van der Waals surface area contributed by atoms with E-state index >= 15 is 0 Å². The zero-order valence-corrected chi connectivity index (χ0v) is 15.1. The average molecular weight is 368 g/mol. The molecule has 8 nitrogen and oxygen atoms in total. The predicted molar refractivity (Wildman–Crippen MR) is 101 cm³/mol. The van der Waals surface area contributed by atoms with Gasteiger partial charge in [0.25, 0.3) is 0 Å². The van der Waals surface area contributed by atoms with Crippen molar-refractivity contribution in [1.82, 2.24) is 15.0 Å². The highest BCUT2D eigenvalue weighted by Crippen LogP contribution is 2.23. The zero-order valence-electron chi connectivity index (χ0n) is 15.1. The van der Waals surface area contributed by atoms with Crippen molar-refractivity contribution in [1.29, 1.82) is 0 Å². The second-order valence-electron chi connectivity index (χ2n) is 5.84. The van der Waals surface area contributed by atoms with Crippen molar-refractivity contribution in [2.24, 2.45) is 0 Å². The third-order valence-electron chi connectivity index (χ3n) is 4.19. The molecule has 3 rings (SSSR count). The maximum atomic E-state index is 12.6. The van der Waals surface area contributed by atoms with Gasteiger partial charge in [-0.3, -0.25) is 4.79 Å². The largest absolute Gasteiger partial charge is 0.477 e. The molecule has 0 saturated heterocycles. The van der Waals surface area contributed by atoms with Crippen molar-refractivity contribution in [2.45, 2.75) is 20.5 Å². The van der Waals surface area contributed by atoms with Gasteiger partial charge in [-0.25, -0.2) is 4.79 Å². The summed E-state index contributed by atoms with van der Waals surface area (Å²) in [5, 5.41) is 9.21. The first-order chi connectivity index (χ1) is 13.0. The molecule has 0 aliphatic rings. The Balaban J connectivity index is 2.11. The van der Waals surface area contributed by atoms with E-state index < -0.39 is 11.4 Å². The van der Waals surface area contributed by atoms with E-state index in [0.717, 1.165) is 5.56 Å². The standard InChI is InChI=1S/C19H20N4O4/c1-3-23(4-2)17-15-14(16(24)13(10-20-15)18(25)26)21-19(22-17)27-11-12-8-6-5-7-9-12/h5-10H,3-4,11H2,1-2H3,(H,20,24)(H,25,26). The Bertz CT molecular complexity index is 1010. The van der Waals surface area contributed by atoms with Crippen LogP contribution in [0.15, 0.2) is 41.3 Å². The quantitative estimate of drug-likeness (QED) is 0.659. The number of carboxylic acid groups (broad SMARTS) is 1. The minimum absolute atomic E-state index is 0.00476. The van der Waals surface area contributed by atoms with Gasteiger partial charge >= 0.3 is 12.0 Å². The van der Waals surface area contributed by atoms with Gasteiger partial charge < -0.3 is 19.7 Å². The summed E-state index contributed by atoms with van der Waals surface area (Å²) in [6, 6.07) is 9.53. The van der Waals surface area contributed by atoms with Gasteiger partial charge in [-0.1, -0.05) is 30.3 Å². The van der Waals surface area contributed by atoms with Crippen LogP contribution >= 0.6 is 0 Å². The molecule has 0 amide bonds. The zero-order chi connectivity index (χ0) is 19.4. The third kappa shape index (κ3) is 3.74.